The molecular formula is C10H14N4O2. The van der Waals surface area contributed by atoms with Gasteiger partial charge in [0.1, 0.15) is 11.5 Å². The first-order valence-electron chi connectivity index (χ1n) is 4.99. The van der Waals surface area contributed by atoms with Gasteiger partial charge >= 0.3 is 0 Å². The van der Waals surface area contributed by atoms with E-state index >= 15 is 0 Å². The zero-order valence-corrected chi connectivity index (χ0v) is 9.00. The van der Waals surface area contributed by atoms with Gasteiger partial charge in [0.2, 0.25) is 0 Å². The van der Waals surface area contributed by atoms with Crippen LogP contribution < -0.4 is 5.73 Å². The molecule has 0 radical (unpaired) electrons. The lowest BCUT2D eigenvalue weighted by atomic mass is 10.2. The Labute approximate surface area is 92.7 Å². The van der Waals surface area contributed by atoms with Crippen molar-refractivity contribution in [2.45, 2.75) is 19.5 Å². The molecular weight excluding hydrogens is 208 g/mol. The van der Waals surface area contributed by atoms with Crippen molar-refractivity contribution in [1.82, 2.24) is 14.7 Å². The molecule has 6 nitrogen and oxygen atoms in total. The average Bonchev–Trinajstić information content (AvgIpc) is 2.87. The minimum absolute atomic E-state index is 0.108. The molecule has 2 rings (SSSR count). The fraction of sp³-hybridized carbons (Fsp3) is 0.400. The monoisotopic (exact) mass is 222 g/mol. The van der Waals surface area contributed by atoms with Gasteiger partial charge in [0, 0.05) is 12.3 Å². The fourth-order valence-corrected chi connectivity index (χ4v) is 1.53. The van der Waals surface area contributed by atoms with E-state index in [1.54, 1.807) is 12.5 Å². The Morgan fingerprint density at radius 2 is 2.44 bits per heavy atom. The van der Waals surface area contributed by atoms with Gasteiger partial charge in [-0.1, -0.05) is 5.16 Å². The summed E-state index contributed by atoms with van der Waals surface area (Å²) in [6, 6.07) is 1.43. The molecule has 0 saturated carbocycles. The van der Waals surface area contributed by atoms with Crippen molar-refractivity contribution >= 4 is 0 Å². The molecule has 86 valence electrons. The predicted octanol–water partition coefficient (Wildman–Crippen LogP) is 0.220. The summed E-state index contributed by atoms with van der Waals surface area (Å²) in [6.07, 6.45) is 3.31. The molecule has 16 heavy (non-hydrogen) atoms. The summed E-state index contributed by atoms with van der Waals surface area (Å²) >= 11 is 0. The molecule has 0 aliphatic rings. The highest BCUT2D eigenvalue weighted by Gasteiger charge is 2.11. The Bertz CT molecular complexity index is 463. The summed E-state index contributed by atoms with van der Waals surface area (Å²) < 4.78 is 6.82. The van der Waals surface area contributed by atoms with Gasteiger partial charge in [-0.05, 0) is 6.92 Å². The number of rotatable bonds is 4. The summed E-state index contributed by atoms with van der Waals surface area (Å²) in [6.45, 7) is 2.27. The Kier molecular flexibility index (Phi) is 3.02. The molecule has 0 aliphatic heterocycles. The zero-order valence-electron chi connectivity index (χ0n) is 9.00. The first-order chi connectivity index (χ1) is 7.70. The van der Waals surface area contributed by atoms with E-state index in [0.29, 0.717) is 6.54 Å². The van der Waals surface area contributed by atoms with Crippen LogP contribution in [0.1, 0.15) is 23.2 Å². The van der Waals surface area contributed by atoms with E-state index in [1.165, 1.54) is 0 Å². The summed E-state index contributed by atoms with van der Waals surface area (Å²) in [5, 5.41) is 12.9. The van der Waals surface area contributed by atoms with Crippen LogP contribution in [-0.4, -0.2) is 26.4 Å². The second-order valence-electron chi connectivity index (χ2n) is 3.66. The maximum atomic E-state index is 9.00. The van der Waals surface area contributed by atoms with Crippen molar-refractivity contribution in [1.29, 1.82) is 0 Å². The number of nitrogens with zero attached hydrogens (tertiary/aromatic N) is 3. The molecule has 0 fully saturated rings. The van der Waals surface area contributed by atoms with E-state index in [1.807, 2.05) is 17.6 Å². The molecule has 2 aromatic rings. The van der Waals surface area contributed by atoms with Crippen molar-refractivity contribution < 1.29 is 9.63 Å². The molecule has 0 aromatic carbocycles. The van der Waals surface area contributed by atoms with Crippen LogP contribution in [0.3, 0.4) is 0 Å². The van der Waals surface area contributed by atoms with Crippen molar-refractivity contribution in [2.75, 3.05) is 6.61 Å². The molecule has 1 atom stereocenters. The molecule has 2 aromatic heterocycles. The van der Waals surface area contributed by atoms with Crippen LogP contribution in [0.2, 0.25) is 0 Å². The number of aliphatic hydroxyl groups is 1. The summed E-state index contributed by atoms with van der Waals surface area (Å²) in [4.78, 5) is 4.01. The van der Waals surface area contributed by atoms with Gasteiger partial charge in [-0.3, -0.25) is 0 Å². The Morgan fingerprint density at radius 3 is 3.06 bits per heavy atom. The van der Waals surface area contributed by atoms with Gasteiger partial charge in [-0.25, -0.2) is 4.98 Å². The number of aromatic nitrogens is 3. The van der Waals surface area contributed by atoms with Crippen LogP contribution in [-0.2, 0) is 6.54 Å². The van der Waals surface area contributed by atoms with Crippen molar-refractivity contribution in [3.8, 4) is 0 Å². The van der Waals surface area contributed by atoms with E-state index in [9.17, 15) is 0 Å². The van der Waals surface area contributed by atoms with Crippen molar-refractivity contribution in [3.63, 3.8) is 0 Å². The van der Waals surface area contributed by atoms with Crippen LogP contribution in [0.15, 0.2) is 23.1 Å². The largest absolute Gasteiger partial charge is 0.394 e. The molecule has 0 bridgehead atoms. The maximum absolute atomic E-state index is 9.00. The number of nitrogens with two attached hydrogens (primary N) is 1. The van der Waals surface area contributed by atoms with Crippen LogP contribution in [0, 0.1) is 6.92 Å². The smallest absolute Gasteiger partial charge is 0.133 e. The highest BCUT2D eigenvalue weighted by molar-refractivity contribution is 5.10. The lowest BCUT2D eigenvalue weighted by molar-refractivity contribution is 0.263. The maximum Gasteiger partial charge on any atom is 0.133 e. The Hall–Kier alpha value is -1.66. The predicted molar refractivity (Wildman–Crippen MR) is 56.6 cm³/mol. The van der Waals surface area contributed by atoms with Crippen LogP contribution in [0.4, 0.5) is 0 Å². The number of aryl methyl sites for hydroxylation is 1. The number of imidazole rings is 1. The van der Waals surface area contributed by atoms with Gasteiger partial charge in [-0.15, -0.1) is 0 Å². The van der Waals surface area contributed by atoms with Crippen LogP contribution >= 0.6 is 0 Å². The number of aliphatic hydroxyl groups excluding tert-OH is 1. The van der Waals surface area contributed by atoms with E-state index in [0.717, 1.165) is 17.1 Å². The van der Waals surface area contributed by atoms with Crippen LogP contribution in [0.25, 0.3) is 0 Å². The Morgan fingerprint density at radius 1 is 1.62 bits per heavy atom. The summed E-state index contributed by atoms with van der Waals surface area (Å²) in [5.74, 6) is 0.767. The Balaban J connectivity index is 2.18. The van der Waals surface area contributed by atoms with Crippen molar-refractivity contribution in [2.24, 2.45) is 5.73 Å². The second-order valence-corrected chi connectivity index (χ2v) is 3.66. The van der Waals surface area contributed by atoms with Crippen LogP contribution in [0.5, 0.6) is 0 Å². The summed E-state index contributed by atoms with van der Waals surface area (Å²) in [7, 11) is 0. The van der Waals surface area contributed by atoms with Gasteiger partial charge < -0.3 is 19.9 Å². The molecule has 3 N–H and O–H groups in total. The quantitative estimate of drug-likeness (QED) is 0.772. The lowest BCUT2D eigenvalue weighted by Crippen LogP contribution is -2.19. The number of hydrogen-bond donors (Lipinski definition) is 2. The van der Waals surface area contributed by atoms with E-state index in [2.05, 4.69) is 10.1 Å². The minimum atomic E-state index is -0.421. The molecule has 1 unspecified atom stereocenters. The average molecular weight is 222 g/mol. The molecule has 2 heterocycles. The van der Waals surface area contributed by atoms with Gasteiger partial charge in [-0.2, -0.15) is 0 Å². The van der Waals surface area contributed by atoms with Crippen molar-refractivity contribution in [3.05, 3.63) is 35.7 Å². The third-order valence-electron chi connectivity index (χ3n) is 2.33. The molecule has 0 saturated heterocycles. The second kappa shape index (κ2) is 4.46. The number of hydrogen-bond acceptors (Lipinski definition) is 5. The van der Waals surface area contributed by atoms with Gasteiger partial charge in [0.25, 0.3) is 0 Å². The highest BCUT2D eigenvalue weighted by Crippen LogP contribution is 2.11. The van der Waals surface area contributed by atoms with Gasteiger partial charge in [0.05, 0.1) is 31.2 Å². The first-order valence-corrected chi connectivity index (χ1v) is 4.99. The first kappa shape index (κ1) is 10.8. The van der Waals surface area contributed by atoms with E-state index in [-0.39, 0.29) is 6.61 Å². The standard InChI is InChI=1S/C10H14N4O2/c1-7-2-8(13-16-7)4-14-6-12-3-10(14)9(11)5-15/h2-3,6,9,15H,4-5,11H2,1H3. The fourth-order valence-electron chi connectivity index (χ4n) is 1.53. The molecule has 0 spiro atoms. The molecule has 0 amide bonds. The molecule has 6 heteroatoms. The molecule has 0 aliphatic carbocycles. The zero-order chi connectivity index (χ0) is 11.5. The third kappa shape index (κ3) is 2.12. The topological polar surface area (TPSA) is 90.1 Å². The third-order valence-corrected chi connectivity index (χ3v) is 2.33. The normalized spacial score (nSPS) is 12.9. The summed E-state index contributed by atoms with van der Waals surface area (Å²) in [5.41, 5.74) is 7.33. The van der Waals surface area contributed by atoms with E-state index in [4.69, 9.17) is 15.4 Å². The van der Waals surface area contributed by atoms with E-state index < -0.39 is 6.04 Å². The van der Waals surface area contributed by atoms with Gasteiger partial charge in [0.15, 0.2) is 0 Å². The lowest BCUT2D eigenvalue weighted by Gasteiger charge is -2.10. The highest BCUT2D eigenvalue weighted by atomic mass is 16.5. The minimum Gasteiger partial charge on any atom is -0.394 e. The SMILES string of the molecule is Cc1cc(Cn2cncc2C(N)CO)no1.